The summed E-state index contributed by atoms with van der Waals surface area (Å²) in [6.07, 6.45) is 0.0733. The molecular formula is C18H21FN2O3. The monoisotopic (exact) mass is 332 g/mol. The van der Waals surface area contributed by atoms with Crippen LogP contribution in [0.25, 0.3) is 0 Å². The van der Waals surface area contributed by atoms with E-state index in [-0.39, 0.29) is 11.8 Å². The van der Waals surface area contributed by atoms with Crippen molar-refractivity contribution in [1.82, 2.24) is 4.90 Å². The van der Waals surface area contributed by atoms with Gasteiger partial charge in [-0.2, -0.15) is 0 Å². The van der Waals surface area contributed by atoms with Gasteiger partial charge in [-0.3, -0.25) is 0 Å². The molecule has 1 unspecified atom stereocenters. The lowest BCUT2D eigenvalue weighted by molar-refractivity contribution is 0.167. The summed E-state index contributed by atoms with van der Waals surface area (Å²) in [5.41, 5.74) is 0.621. The van der Waals surface area contributed by atoms with E-state index in [1.54, 1.807) is 50.4 Å². The Hall–Kier alpha value is -2.60. The number of rotatable bonds is 6. The maximum Gasteiger partial charge on any atom is 0.321 e. The van der Waals surface area contributed by atoms with Crippen molar-refractivity contribution in [3.8, 4) is 11.5 Å². The standard InChI is InChI=1S/C18H21FN2O3/c1-13(22)10-11-21(2)18(23)20-15-6-8-16(9-7-15)24-17-5-3-4-14(19)12-17/h3-9,12-13,22H,10-11H2,1-2H3,(H,20,23). The molecule has 0 aliphatic carbocycles. The summed E-state index contributed by atoms with van der Waals surface area (Å²) in [6, 6.07) is 12.4. The van der Waals surface area contributed by atoms with E-state index >= 15 is 0 Å². The van der Waals surface area contributed by atoms with Gasteiger partial charge in [0.15, 0.2) is 0 Å². The number of carbonyl (C=O) groups excluding carboxylic acids is 1. The summed E-state index contributed by atoms with van der Waals surface area (Å²) < 4.78 is 18.7. The molecule has 2 N–H and O–H groups in total. The molecule has 0 saturated heterocycles. The number of halogens is 1. The maximum atomic E-state index is 13.1. The Morgan fingerprint density at radius 3 is 2.58 bits per heavy atom. The van der Waals surface area contributed by atoms with Crippen LogP contribution in [-0.2, 0) is 0 Å². The summed E-state index contributed by atoms with van der Waals surface area (Å²) in [4.78, 5) is 13.5. The van der Waals surface area contributed by atoms with Gasteiger partial charge < -0.3 is 20.1 Å². The Kier molecular flexibility index (Phi) is 6.14. The van der Waals surface area contributed by atoms with Crippen molar-refractivity contribution in [2.24, 2.45) is 0 Å². The minimum atomic E-state index is -0.445. The zero-order chi connectivity index (χ0) is 17.5. The van der Waals surface area contributed by atoms with Crippen LogP contribution in [-0.4, -0.2) is 35.7 Å². The number of benzene rings is 2. The summed E-state index contributed by atoms with van der Waals surface area (Å²) >= 11 is 0. The molecule has 0 aromatic heterocycles. The molecule has 5 nitrogen and oxygen atoms in total. The molecule has 6 heteroatoms. The van der Waals surface area contributed by atoms with Crippen LogP contribution in [0.4, 0.5) is 14.9 Å². The van der Waals surface area contributed by atoms with Gasteiger partial charge in [0.05, 0.1) is 6.10 Å². The summed E-state index contributed by atoms with van der Waals surface area (Å²) in [7, 11) is 1.67. The van der Waals surface area contributed by atoms with Crippen LogP contribution >= 0.6 is 0 Å². The van der Waals surface area contributed by atoms with Crippen molar-refractivity contribution < 1.29 is 19.0 Å². The molecule has 2 amide bonds. The molecule has 24 heavy (non-hydrogen) atoms. The van der Waals surface area contributed by atoms with Gasteiger partial charge >= 0.3 is 6.03 Å². The van der Waals surface area contributed by atoms with Crippen LogP contribution in [0.15, 0.2) is 48.5 Å². The van der Waals surface area contributed by atoms with Gasteiger partial charge in [-0.1, -0.05) is 6.07 Å². The molecule has 2 rings (SSSR count). The smallest absolute Gasteiger partial charge is 0.321 e. The summed E-state index contributed by atoms with van der Waals surface area (Å²) in [5, 5.41) is 12.0. The molecule has 128 valence electrons. The average molecular weight is 332 g/mol. The fourth-order valence-corrected chi connectivity index (χ4v) is 1.97. The molecule has 0 radical (unpaired) electrons. The van der Waals surface area contributed by atoms with Crippen LogP contribution in [0.5, 0.6) is 11.5 Å². The molecule has 0 fully saturated rings. The van der Waals surface area contributed by atoms with Crippen molar-refractivity contribution in [3.05, 3.63) is 54.3 Å². The number of nitrogens with zero attached hydrogens (tertiary/aromatic N) is 1. The van der Waals surface area contributed by atoms with Crippen LogP contribution in [0.3, 0.4) is 0 Å². The third kappa shape index (κ3) is 5.55. The Morgan fingerprint density at radius 1 is 1.25 bits per heavy atom. The highest BCUT2D eigenvalue weighted by Crippen LogP contribution is 2.23. The quantitative estimate of drug-likeness (QED) is 0.844. The normalized spacial score (nSPS) is 11.7. The second-order valence-corrected chi connectivity index (χ2v) is 5.57. The number of hydrogen-bond donors (Lipinski definition) is 2. The molecule has 0 spiro atoms. The second kappa shape index (κ2) is 8.31. The third-order valence-electron chi connectivity index (χ3n) is 3.37. The number of aliphatic hydroxyl groups excluding tert-OH is 1. The highest BCUT2D eigenvalue weighted by molar-refractivity contribution is 5.89. The molecule has 0 heterocycles. The van der Waals surface area contributed by atoms with Crippen LogP contribution in [0.2, 0.25) is 0 Å². The first-order valence-corrected chi connectivity index (χ1v) is 7.67. The maximum absolute atomic E-state index is 13.1. The van der Waals surface area contributed by atoms with E-state index in [2.05, 4.69) is 5.32 Å². The number of anilines is 1. The van der Waals surface area contributed by atoms with Gasteiger partial charge in [-0.25, -0.2) is 9.18 Å². The molecule has 0 aliphatic rings. The first-order chi connectivity index (χ1) is 11.4. The van der Waals surface area contributed by atoms with Crippen molar-refractivity contribution >= 4 is 11.7 Å². The van der Waals surface area contributed by atoms with Crippen LogP contribution in [0.1, 0.15) is 13.3 Å². The number of aliphatic hydroxyl groups is 1. The van der Waals surface area contributed by atoms with Gasteiger partial charge in [-0.05, 0) is 49.7 Å². The zero-order valence-electron chi connectivity index (χ0n) is 13.7. The van der Waals surface area contributed by atoms with E-state index in [9.17, 15) is 14.3 Å². The number of ether oxygens (including phenoxy) is 1. The molecule has 0 saturated carbocycles. The highest BCUT2D eigenvalue weighted by atomic mass is 19.1. The lowest BCUT2D eigenvalue weighted by Gasteiger charge is -2.18. The molecule has 0 bridgehead atoms. The Morgan fingerprint density at radius 2 is 1.96 bits per heavy atom. The van der Waals surface area contributed by atoms with E-state index in [4.69, 9.17) is 4.74 Å². The SMILES string of the molecule is CC(O)CCN(C)C(=O)Nc1ccc(Oc2cccc(F)c2)cc1. The van der Waals surface area contributed by atoms with E-state index in [0.717, 1.165) is 0 Å². The molecular weight excluding hydrogens is 311 g/mol. The molecule has 1 atom stereocenters. The van der Waals surface area contributed by atoms with Gasteiger partial charge in [0.1, 0.15) is 17.3 Å². The van der Waals surface area contributed by atoms with Crippen LogP contribution < -0.4 is 10.1 Å². The average Bonchev–Trinajstić information content (AvgIpc) is 2.54. The fraction of sp³-hybridized carbons (Fsp3) is 0.278. The predicted octanol–water partition coefficient (Wildman–Crippen LogP) is 3.85. The molecule has 0 aliphatic heterocycles. The Labute approximate surface area is 140 Å². The van der Waals surface area contributed by atoms with Crippen LogP contribution in [0, 0.1) is 5.82 Å². The zero-order valence-corrected chi connectivity index (χ0v) is 13.7. The predicted molar refractivity (Wildman–Crippen MR) is 90.9 cm³/mol. The molecule has 2 aromatic rings. The minimum absolute atomic E-state index is 0.255. The number of carbonyl (C=O) groups is 1. The second-order valence-electron chi connectivity index (χ2n) is 5.57. The minimum Gasteiger partial charge on any atom is -0.457 e. The fourth-order valence-electron chi connectivity index (χ4n) is 1.97. The third-order valence-corrected chi connectivity index (χ3v) is 3.37. The number of amides is 2. The van der Waals surface area contributed by atoms with Crippen molar-refractivity contribution in [2.75, 3.05) is 18.9 Å². The van der Waals surface area contributed by atoms with E-state index in [0.29, 0.717) is 30.2 Å². The number of hydrogen-bond acceptors (Lipinski definition) is 3. The Bertz CT molecular complexity index is 674. The summed E-state index contributed by atoms with van der Waals surface area (Å²) in [5.74, 6) is 0.585. The van der Waals surface area contributed by atoms with Crippen molar-refractivity contribution in [1.29, 1.82) is 0 Å². The van der Waals surface area contributed by atoms with Gasteiger partial charge in [-0.15, -0.1) is 0 Å². The van der Waals surface area contributed by atoms with Crippen molar-refractivity contribution in [3.63, 3.8) is 0 Å². The van der Waals surface area contributed by atoms with E-state index in [1.807, 2.05) is 0 Å². The van der Waals surface area contributed by atoms with Gasteiger partial charge in [0.25, 0.3) is 0 Å². The van der Waals surface area contributed by atoms with Gasteiger partial charge in [0.2, 0.25) is 0 Å². The highest BCUT2D eigenvalue weighted by Gasteiger charge is 2.09. The first-order valence-electron chi connectivity index (χ1n) is 7.67. The largest absolute Gasteiger partial charge is 0.457 e. The van der Waals surface area contributed by atoms with Gasteiger partial charge in [0, 0.05) is 25.3 Å². The topological polar surface area (TPSA) is 61.8 Å². The first kappa shape index (κ1) is 17.7. The lowest BCUT2D eigenvalue weighted by atomic mass is 10.3. The lowest BCUT2D eigenvalue weighted by Crippen LogP contribution is -2.33. The Balaban J connectivity index is 1.90. The number of urea groups is 1. The van der Waals surface area contributed by atoms with E-state index < -0.39 is 6.10 Å². The summed E-state index contributed by atoms with van der Waals surface area (Å²) in [6.45, 7) is 2.15. The van der Waals surface area contributed by atoms with Crippen molar-refractivity contribution in [2.45, 2.75) is 19.4 Å². The van der Waals surface area contributed by atoms with E-state index in [1.165, 1.54) is 17.0 Å². The number of nitrogens with one attached hydrogen (secondary N) is 1. The molecule has 2 aromatic carbocycles.